The highest BCUT2D eigenvalue weighted by Crippen LogP contribution is 2.20. The van der Waals surface area contributed by atoms with Gasteiger partial charge in [0.15, 0.2) is 0 Å². The Hall–Kier alpha value is -2.16. The largest absolute Gasteiger partial charge is 0.507 e. The van der Waals surface area contributed by atoms with Gasteiger partial charge in [-0.2, -0.15) is 0 Å². The number of carbonyl (C=O) groups is 2. The monoisotopic (exact) mass is 398 g/mol. The van der Waals surface area contributed by atoms with Crippen LogP contribution in [0.1, 0.15) is 26.4 Å². The average molecular weight is 398 g/mol. The Balaban J connectivity index is 2.05. The molecule has 1 amide bonds. The number of aromatic nitrogens is 1. The fraction of sp³-hybridized carbons (Fsp3) is 0.0714. The van der Waals surface area contributed by atoms with Crippen LogP contribution < -0.4 is 5.32 Å². The molecule has 6 nitrogen and oxygen atoms in total. The number of pyridine rings is 1. The number of carboxylic acids is 1. The Morgan fingerprint density at radius 1 is 1.19 bits per heavy atom. The number of benzene rings is 1. The van der Waals surface area contributed by atoms with Crippen LogP contribution in [0, 0.1) is 3.57 Å². The summed E-state index contributed by atoms with van der Waals surface area (Å²) in [7, 11) is 0. The number of halogens is 1. The van der Waals surface area contributed by atoms with Gasteiger partial charge in [0.1, 0.15) is 5.75 Å². The molecule has 108 valence electrons. The number of carboxylic acid groups (broad SMARTS) is 1. The molecule has 3 N–H and O–H groups in total. The van der Waals surface area contributed by atoms with Crippen LogP contribution in [0.25, 0.3) is 0 Å². The molecule has 1 heterocycles. The van der Waals surface area contributed by atoms with Crippen LogP contribution in [-0.2, 0) is 6.54 Å². The number of nitrogens with zero attached hydrogens (tertiary/aromatic N) is 1. The van der Waals surface area contributed by atoms with Gasteiger partial charge in [-0.15, -0.1) is 0 Å². The van der Waals surface area contributed by atoms with Crippen LogP contribution in [0.3, 0.4) is 0 Å². The maximum atomic E-state index is 11.9. The topological polar surface area (TPSA) is 99.5 Å². The molecular formula is C14H11IN2O4. The van der Waals surface area contributed by atoms with Crippen LogP contribution in [0.5, 0.6) is 5.75 Å². The summed E-state index contributed by atoms with van der Waals surface area (Å²) in [6, 6.07) is 7.38. The molecule has 0 aliphatic heterocycles. The van der Waals surface area contributed by atoms with E-state index in [1.165, 1.54) is 24.4 Å². The standard InChI is InChI=1S/C14H11IN2O4/c15-11-2-1-8(6-12(11)18)13(19)17-7-10-5-9(14(20)21)3-4-16-10/h1-6,18H,7H2,(H,17,19)(H,20,21). The molecular weight excluding hydrogens is 387 g/mol. The van der Waals surface area contributed by atoms with Gasteiger partial charge in [0.2, 0.25) is 0 Å². The van der Waals surface area contributed by atoms with Gasteiger partial charge in [0.05, 0.1) is 21.4 Å². The molecule has 0 fully saturated rings. The van der Waals surface area contributed by atoms with Crippen molar-refractivity contribution in [2.75, 3.05) is 0 Å². The molecule has 2 rings (SSSR count). The van der Waals surface area contributed by atoms with Gasteiger partial charge in [-0.3, -0.25) is 9.78 Å². The molecule has 1 aromatic carbocycles. The van der Waals surface area contributed by atoms with E-state index in [0.29, 0.717) is 14.8 Å². The van der Waals surface area contributed by atoms with Gasteiger partial charge in [-0.25, -0.2) is 4.79 Å². The van der Waals surface area contributed by atoms with Crippen LogP contribution in [0.4, 0.5) is 0 Å². The van der Waals surface area contributed by atoms with Crippen molar-refractivity contribution in [1.29, 1.82) is 0 Å². The number of aromatic carboxylic acids is 1. The van der Waals surface area contributed by atoms with Crippen molar-refractivity contribution in [3.8, 4) is 5.75 Å². The predicted octanol–water partition coefficient (Wildman–Crippen LogP) is 2.02. The summed E-state index contributed by atoms with van der Waals surface area (Å²) < 4.78 is 0.653. The lowest BCUT2D eigenvalue weighted by Gasteiger charge is -2.06. The van der Waals surface area contributed by atoms with Gasteiger partial charge >= 0.3 is 5.97 Å². The summed E-state index contributed by atoms with van der Waals surface area (Å²) in [4.78, 5) is 26.8. The summed E-state index contributed by atoms with van der Waals surface area (Å²) in [5, 5.41) is 21.1. The van der Waals surface area contributed by atoms with Gasteiger partial charge in [-0.05, 0) is 52.9 Å². The number of rotatable bonds is 4. The van der Waals surface area contributed by atoms with Crippen molar-refractivity contribution >= 4 is 34.5 Å². The smallest absolute Gasteiger partial charge is 0.335 e. The Kier molecular flexibility index (Phi) is 4.73. The molecule has 7 heteroatoms. The molecule has 0 spiro atoms. The number of phenols is 1. The number of hydrogen-bond acceptors (Lipinski definition) is 4. The van der Waals surface area contributed by atoms with E-state index >= 15 is 0 Å². The van der Waals surface area contributed by atoms with E-state index in [1.54, 1.807) is 12.1 Å². The minimum absolute atomic E-state index is 0.0363. The Bertz CT molecular complexity index is 703. The first-order valence-electron chi connectivity index (χ1n) is 5.92. The molecule has 0 radical (unpaired) electrons. The molecule has 0 unspecified atom stereocenters. The SMILES string of the molecule is O=C(O)c1ccnc(CNC(=O)c2ccc(I)c(O)c2)c1. The molecule has 0 aliphatic carbocycles. The van der Waals surface area contributed by atoms with E-state index in [4.69, 9.17) is 5.11 Å². The van der Waals surface area contributed by atoms with Crippen molar-refractivity contribution < 1.29 is 19.8 Å². The van der Waals surface area contributed by atoms with Crippen LogP contribution in [-0.4, -0.2) is 27.1 Å². The second kappa shape index (κ2) is 6.53. The summed E-state index contributed by atoms with van der Waals surface area (Å²) in [6.45, 7) is 0.104. The highest BCUT2D eigenvalue weighted by atomic mass is 127. The fourth-order valence-electron chi connectivity index (χ4n) is 1.63. The fourth-order valence-corrected chi connectivity index (χ4v) is 1.97. The number of nitrogens with one attached hydrogen (secondary N) is 1. The first-order valence-corrected chi connectivity index (χ1v) is 7.00. The zero-order chi connectivity index (χ0) is 15.4. The maximum Gasteiger partial charge on any atom is 0.335 e. The highest BCUT2D eigenvalue weighted by Gasteiger charge is 2.09. The van der Waals surface area contributed by atoms with Crippen LogP contribution >= 0.6 is 22.6 Å². The van der Waals surface area contributed by atoms with Gasteiger partial charge in [0, 0.05) is 11.8 Å². The van der Waals surface area contributed by atoms with Gasteiger partial charge in [-0.1, -0.05) is 0 Å². The van der Waals surface area contributed by atoms with Crippen LogP contribution in [0.15, 0.2) is 36.5 Å². The van der Waals surface area contributed by atoms with Crippen molar-refractivity contribution in [3.05, 3.63) is 56.9 Å². The third-order valence-corrected chi connectivity index (χ3v) is 3.61. The molecule has 0 saturated heterocycles. The second-order valence-electron chi connectivity index (χ2n) is 4.19. The first kappa shape index (κ1) is 15.2. The van der Waals surface area contributed by atoms with E-state index in [0.717, 1.165) is 0 Å². The lowest BCUT2D eigenvalue weighted by molar-refractivity contribution is 0.0696. The molecule has 21 heavy (non-hydrogen) atoms. The van der Waals surface area contributed by atoms with E-state index in [1.807, 2.05) is 22.6 Å². The average Bonchev–Trinajstić information content (AvgIpc) is 2.48. The molecule has 0 bridgehead atoms. The number of aromatic hydroxyl groups is 1. The minimum atomic E-state index is -1.05. The maximum absolute atomic E-state index is 11.9. The number of hydrogen-bond donors (Lipinski definition) is 3. The van der Waals surface area contributed by atoms with Crippen molar-refractivity contribution in [3.63, 3.8) is 0 Å². The molecule has 0 saturated carbocycles. The highest BCUT2D eigenvalue weighted by molar-refractivity contribution is 14.1. The summed E-state index contributed by atoms with van der Waals surface area (Å²) >= 11 is 1.96. The quantitative estimate of drug-likeness (QED) is 0.685. The molecule has 2 aromatic rings. The lowest BCUT2D eigenvalue weighted by atomic mass is 10.2. The third kappa shape index (κ3) is 3.91. The van der Waals surface area contributed by atoms with E-state index in [9.17, 15) is 14.7 Å². The Labute approximate surface area is 134 Å². The second-order valence-corrected chi connectivity index (χ2v) is 5.35. The molecule has 0 atom stereocenters. The number of carbonyl (C=O) groups excluding carboxylic acids is 1. The lowest BCUT2D eigenvalue weighted by Crippen LogP contribution is -2.23. The normalized spacial score (nSPS) is 10.1. The first-order chi connectivity index (χ1) is 9.97. The van der Waals surface area contributed by atoms with Gasteiger partial charge < -0.3 is 15.5 Å². The molecule has 1 aromatic heterocycles. The van der Waals surface area contributed by atoms with E-state index in [2.05, 4.69) is 10.3 Å². The summed E-state index contributed by atoms with van der Waals surface area (Å²) in [5.41, 5.74) is 0.876. The predicted molar refractivity (Wildman–Crippen MR) is 83.2 cm³/mol. The number of amides is 1. The summed E-state index contributed by atoms with van der Waals surface area (Å²) in [5.74, 6) is -1.38. The van der Waals surface area contributed by atoms with E-state index < -0.39 is 5.97 Å². The van der Waals surface area contributed by atoms with Crippen molar-refractivity contribution in [2.45, 2.75) is 6.54 Å². The zero-order valence-corrected chi connectivity index (χ0v) is 12.9. The van der Waals surface area contributed by atoms with Gasteiger partial charge in [0.25, 0.3) is 5.91 Å². The Morgan fingerprint density at radius 3 is 2.62 bits per heavy atom. The summed E-state index contributed by atoms with van der Waals surface area (Å²) in [6.07, 6.45) is 1.38. The number of phenolic OH excluding ortho intramolecular Hbond substituents is 1. The minimum Gasteiger partial charge on any atom is -0.507 e. The zero-order valence-electron chi connectivity index (χ0n) is 10.7. The third-order valence-electron chi connectivity index (χ3n) is 2.70. The van der Waals surface area contributed by atoms with Crippen molar-refractivity contribution in [2.24, 2.45) is 0 Å². The van der Waals surface area contributed by atoms with Crippen LogP contribution in [0.2, 0.25) is 0 Å². The Morgan fingerprint density at radius 2 is 1.95 bits per heavy atom. The molecule has 0 aliphatic rings. The van der Waals surface area contributed by atoms with E-state index in [-0.39, 0.29) is 23.8 Å². The van der Waals surface area contributed by atoms with Crippen molar-refractivity contribution in [1.82, 2.24) is 10.3 Å².